The number of nitrogens with one attached hydrogen (secondary N) is 1. The topological polar surface area (TPSA) is 82.5 Å². The zero-order valence-electron chi connectivity index (χ0n) is 16.2. The van der Waals surface area contributed by atoms with Crippen molar-refractivity contribution in [3.05, 3.63) is 82.3 Å². The second kappa shape index (κ2) is 7.43. The van der Waals surface area contributed by atoms with Crippen molar-refractivity contribution < 1.29 is 14.3 Å². The molecule has 4 rings (SSSR count). The van der Waals surface area contributed by atoms with E-state index in [9.17, 15) is 9.59 Å². The first-order valence-corrected chi connectivity index (χ1v) is 9.32. The number of hydrogen-bond donors (Lipinski definition) is 1. The third-order valence-electron chi connectivity index (χ3n) is 4.72. The first-order valence-electron chi connectivity index (χ1n) is 9.32. The summed E-state index contributed by atoms with van der Waals surface area (Å²) in [5, 5.41) is 7.22. The zero-order chi connectivity index (χ0) is 20.4. The SMILES string of the molecule is CC(C)(NC(=O)c1ccc(=O)n(-c2ccccc2)n1)c1ccc2c(c1)OCCO2. The van der Waals surface area contributed by atoms with E-state index >= 15 is 0 Å². The lowest BCUT2D eigenvalue weighted by Crippen LogP contribution is -2.42. The largest absolute Gasteiger partial charge is 0.486 e. The number of rotatable bonds is 4. The summed E-state index contributed by atoms with van der Waals surface area (Å²) >= 11 is 0. The highest BCUT2D eigenvalue weighted by Gasteiger charge is 2.26. The predicted molar refractivity (Wildman–Crippen MR) is 108 cm³/mol. The summed E-state index contributed by atoms with van der Waals surface area (Å²) in [6.45, 7) is 4.80. The molecule has 2 aromatic carbocycles. The van der Waals surface area contributed by atoms with Crippen LogP contribution in [0.4, 0.5) is 0 Å². The number of amides is 1. The van der Waals surface area contributed by atoms with Gasteiger partial charge < -0.3 is 14.8 Å². The fourth-order valence-corrected chi connectivity index (χ4v) is 3.14. The van der Waals surface area contributed by atoms with Crippen molar-refractivity contribution >= 4 is 5.91 Å². The number of ether oxygens (including phenoxy) is 2. The second-order valence-electron chi connectivity index (χ2n) is 7.24. The summed E-state index contributed by atoms with van der Waals surface area (Å²) in [4.78, 5) is 25.1. The number of carbonyl (C=O) groups is 1. The Hall–Kier alpha value is -3.61. The Balaban J connectivity index is 1.60. The van der Waals surface area contributed by atoms with Gasteiger partial charge in [-0.2, -0.15) is 9.78 Å². The van der Waals surface area contributed by atoms with Gasteiger partial charge in [0, 0.05) is 6.07 Å². The van der Waals surface area contributed by atoms with Crippen molar-refractivity contribution in [1.29, 1.82) is 0 Å². The highest BCUT2D eigenvalue weighted by atomic mass is 16.6. The van der Waals surface area contributed by atoms with Crippen LogP contribution in [0.1, 0.15) is 29.9 Å². The van der Waals surface area contributed by atoms with Crippen LogP contribution >= 0.6 is 0 Å². The molecule has 2 heterocycles. The Morgan fingerprint density at radius 3 is 2.48 bits per heavy atom. The first-order chi connectivity index (χ1) is 13.9. The lowest BCUT2D eigenvalue weighted by atomic mass is 9.93. The van der Waals surface area contributed by atoms with E-state index < -0.39 is 5.54 Å². The number of hydrogen-bond acceptors (Lipinski definition) is 5. The molecule has 0 fully saturated rings. The molecule has 0 aliphatic carbocycles. The molecule has 7 nitrogen and oxygen atoms in total. The molecule has 1 N–H and O–H groups in total. The molecule has 1 amide bonds. The molecule has 0 unspecified atom stereocenters. The van der Waals surface area contributed by atoms with E-state index in [1.165, 1.54) is 16.8 Å². The normalized spacial score (nSPS) is 13.0. The maximum absolute atomic E-state index is 12.9. The van der Waals surface area contributed by atoms with Gasteiger partial charge in [0.1, 0.15) is 18.9 Å². The van der Waals surface area contributed by atoms with E-state index in [-0.39, 0.29) is 17.2 Å². The summed E-state index contributed by atoms with van der Waals surface area (Å²) < 4.78 is 12.4. The molecule has 0 atom stereocenters. The minimum atomic E-state index is -0.692. The Labute approximate surface area is 167 Å². The third kappa shape index (κ3) is 3.85. The van der Waals surface area contributed by atoms with Gasteiger partial charge in [-0.3, -0.25) is 9.59 Å². The summed E-state index contributed by atoms with van der Waals surface area (Å²) in [5.74, 6) is 0.972. The number of nitrogens with zero attached hydrogens (tertiary/aromatic N) is 2. The average molecular weight is 391 g/mol. The van der Waals surface area contributed by atoms with Crippen molar-refractivity contribution in [2.45, 2.75) is 19.4 Å². The minimum Gasteiger partial charge on any atom is -0.486 e. The fourth-order valence-electron chi connectivity index (χ4n) is 3.14. The average Bonchev–Trinajstić information content (AvgIpc) is 2.74. The van der Waals surface area contributed by atoms with E-state index in [1.807, 2.05) is 38.1 Å². The monoisotopic (exact) mass is 391 g/mol. The van der Waals surface area contributed by atoms with E-state index in [0.717, 1.165) is 5.56 Å². The van der Waals surface area contributed by atoms with Crippen LogP contribution in [-0.2, 0) is 5.54 Å². The summed E-state index contributed by atoms with van der Waals surface area (Å²) in [7, 11) is 0. The van der Waals surface area contributed by atoms with Crippen LogP contribution in [0.2, 0.25) is 0 Å². The van der Waals surface area contributed by atoms with Crippen LogP contribution in [0.5, 0.6) is 11.5 Å². The van der Waals surface area contributed by atoms with Crippen molar-refractivity contribution in [2.75, 3.05) is 13.2 Å². The maximum Gasteiger partial charge on any atom is 0.272 e. The molecule has 0 saturated heterocycles. The van der Waals surface area contributed by atoms with Crippen LogP contribution in [0.3, 0.4) is 0 Å². The van der Waals surface area contributed by atoms with Gasteiger partial charge in [-0.1, -0.05) is 24.3 Å². The van der Waals surface area contributed by atoms with Crippen LogP contribution in [0.15, 0.2) is 65.5 Å². The molecule has 0 bridgehead atoms. The summed E-state index contributed by atoms with van der Waals surface area (Å²) in [6, 6.07) is 17.3. The number of fused-ring (bicyclic) bond motifs is 1. The predicted octanol–water partition coefficient (Wildman–Crippen LogP) is 2.67. The van der Waals surface area contributed by atoms with Crippen molar-refractivity contribution in [3.63, 3.8) is 0 Å². The van der Waals surface area contributed by atoms with Crippen LogP contribution in [0, 0.1) is 0 Å². The van der Waals surface area contributed by atoms with Gasteiger partial charge in [-0.25, -0.2) is 0 Å². The molecule has 3 aromatic rings. The van der Waals surface area contributed by atoms with Crippen LogP contribution in [-0.4, -0.2) is 28.9 Å². The van der Waals surface area contributed by atoms with Gasteiger partial charge >= 0.3 is 0 Å². The summed E-state index contributed by atoms with van der Waals surface area (Å²) in [5.41, 5.74) is 0.616. The van der Waals surface area contributed by atoms with Gasteiger partial charge in [0.25, 0.3) is 11.5 Å². The van der Waals surface area contributed by atoms with E-state index in [1.54, 1.807) is 24.3 Å². The highest BCUT2D eigenvalue weighted by molar-refractivity contribution is 5.92. The molecule has 1 aliphatic heterocycles. The standard InChI is InChI=1S/C22H21N3O4/c1-22(2,15-8-10-18-19(14-15)29-13-12-28-18)23-21(27)17-9-11-20(26)25(24-17)16-6-4-3-5-7-16/h3-11,14H,12-13H2,1-2H3,(H,23,27). The Bertz CT molecular complexity index is 1110. The molecular weight excluding hydrogens is 370 g/mol. The quantitative estimate of drug-likeness (QED) is 0.739. The zero-order valence-corrected chi connectivity index (χ0v) is 16.2. The van der Waals surface area contributed by atoms with Gasteiger partial charge in [0.05, 0.1) is 11.2 Å². The third-order valence-corrected chi connectivity index (χ3v) is 4.72. The van der Waals surface area contributed by atoms with Gasteiger partial charge in [0.15, 0.2) is 11.5 Å². The maximum atomic E-state index is 12.9. The van der Waals surface area contributed by atoms with Gasteiger partial charge in [-0.05, 0) is 49.7 Å². The lowest BCUT2D eigenvalue weighted by Gasteiger charge is -2.28. The van der Waals surface area contributed by atoms with E-state index in [4.69, 9.17) is 9.47 Å². The Morgan fingerprint density at radius 1 is 1.00 bits per heavy atom. The number of para-hydroxylation sites is 1. The minimum absolute atomic E-state index is 0.152. The Kier molecular flexibility index (Phi) is 4.80. The van der Waals surface area contributed by atoms with Crippen LogP contribution in [0.25, 0.3) is 5.69 Å². The molecule has 148 valence electrons. The molecule has 7 heteroatoms. The smallest absolute Gasteiger partial charge is 0.272 e. The molecule has 0 spiro atoms. The van der Waals surface area contributed by atoms with E-state index in [2.05, 4.69) is 10.4 Å². The molecule has 0 saturated carbocycles. The van der Waals surface area contributed by atoms with Crippen molar-refractivity contribution in [2.24, 2.45) is 0 Å². The van der Waals surface area contributed by atoms with Crippen molar-refractivity contribution in [1.82, 2.24) is 15.1 Å². The highest BCUT2D eigenvalue weighted by Crippen LogP contribution is 2.34. The second-order valence-corrected chi connectivity index (χ2v) is 7.24. The van der Waals surface area contributed by atoms with Crippen LogP contribution < -0.4 is 20.3 Å². The van der Waals surface area contributed by atoms with Gasteiger partial charge in [0.2, 0.25) is 0 Å². The lowest BCUT2D eigenvalue weighted by molar-refractivity contribution is 0.0904. The fraction of sp³-hybridized carbons (Fsp3) is 0.227. The van der Waals surface area contributed by atoms with Crippen molar-refractivity contribution in [3.8, 4) is 17.2 Å². The molecule has 29 heavy (non-hydrogen) atoms. The Morgan fingerprint density at radius 2 is 1.72 bits per heavy atom. The molecule has 1 aliphatic rings. The van der Waals surface area contributed by atoms with Gasteiger partial charge in [-0.15, -0.1) is 0 Å². The summed E-state index contributed by atoms with van der Waals surface area (Å²) in [6.07, 6.45) is 0. The number of aromatic nitrogens is 2. The number of benzene rings is 2. The molecule has 1 aromatic heterocycles. The number of carbonyl (C=O) groups excluding carboxylic acids is 1. The first kappa shape index (κ1) is 18.7. The van der Waals surface area contributed by atoms with E-state index in [0.29, 0.717) is 30.4 Å². The molecular formula is C22H21N3O4. The molecule has 0 radical (unpaired) electrons.